The van der Waals surface area contributed by atoms with Crippen LogP contribution in [0.3, 0.4) is 0 Å². The number of hydrogen-bond acceptors (Lipinski definition) is 1. The molecule has 1 aromatic rings. The molecule has 1 aromatic carbocycles. The summed E-state index contributed by atoms with van der Waals surface area (Å²) in [5.74, 6) is 0. The minimum absolute atomic E-state index is 0.468. The predicted octanol–water partition coefficient (Wildman–Crippen LogP) is 2.05. The maximum atomic E-state index is 10.7. The van der Waals surface area contributed by atoms with Gasteiger partial charge in [-0.25, -0.2) is 0 Å². The Morgan fingerprint density at radius 1 is 1.38 bits per heavy atom. The zero-order valence-electron chi connectivity index (χ0n) is 7.92. The Balaban J connectivity index is 2.59. The van der Waals surface area contributed by atoms with Crippen molar-refractivity contribution >= 4 is 31.0 Å². The molecule has 0 atom stereocenters. The van der Waals surface area contributed by atoms with E-state index in [4.69, 9.17) is 0 Å². The summed E-state index contributed by atoms with van der Waals surface area (Å²) in [5, 5.41) is 0. The van der Waals surface area contributed by atoms with Gasteiger partial charge in [-0.3, -0.25) is 0 Å². The fourth-order valence-corrected chi connectivity index (χ4v) is 5.04. The molecule has 0 heterocycles. The monoisotopic (exact) mass is 282 g/mol. The van der Waals surface area contributed by atoms with Gasteiger partial charge >= 0.3 is 89.8 Å². The minimum atomic E-state index is -0.468. The van der Waals surface area contributed by atoms with E-state index in [9.17, 15) is 4.79 Å². The number of aldehydes is 1. The summed E-state index contributed by atoms with van der Waals surface area (Å²) in [7, 11) is 0. The third-order valence-corrected chi connectivity index (χ3v) is 6.04. The van der Waals surface area contributed by atoms with E-state index in [0.29, 0.717) is 0 Å². The number of carbonyl (C=O) groups excluding carboxylic acids is 1. The van der Waals surface area contributed by atoms with E-state index in [2.05, 4.69) is 13.0 Å². The average molecular weight is 281 g/mol. The van der Waals surface area contributed by atoms with Gasteiger partial charge in [0, 0.05) is 0 Å². The van der Waals surface area contributed by atoms with Crippen LogP contribution in [-0.2, 0) is 0 Å². The van der Waals surface area contributed by atoms with Gasteiger partial charge in [0.05, 0.1) is 0 Å². The fourth-order valence-electron chi connectivity index (χ4n) is 1.16. The zero-order chi connectivity index (χ0) is 9.52. The Morgan fingerprint density at radius 3 is 2.85 bits per heavy atom. The van der Waals surface area contributed by atoms with Crippen molar-refractivity contribution in [3.63, 3.8) is 0 Å². The van der Waals surface area contributed by atoms with Gasteiger partial charge in [-0.2, -0.15) is 0 Å². The molecule has 13 heavy (non-hydrogen) atoms. The quantitative estimate of drug-likeness (QED) is 0.458. The number of rotatable bonds is 5. The first-order valence-corrected chi connectivity index (χ1v) is 8.11. The number of unbranched alkanes of at least 4 members (excludes halogenated alkanes) is 1. The molecule has 1 nitrogen and oxygen atoms in total. The molecule has 0 saturated heterocycles. The van der Waals surface area contributed by atoms with Gasteiger partial charge in [0.15, 0.2) is 0 Å². The Hall–Kier alpha value is -0.311. The van der Waals surface area contributed by atoms with Crippen molar-refractivity contribution in [3.8, 4) is 0 Å². The number of benzene rings is 1. The van der Waals surface area contributed by atoms with Crippen molar-refractivity contribution in [2.24, 2.45) is 0 Å². The molecule has 0 fully saturated rings. The molecule has 0 amide bonds. The third-order valence-electron chi connectivity index (χ3n) is 1.93. The van der Waals surface area contributed by atoms with Crippen molar-refractivity contribution in [1.82, 2.24) is 0 Å². The van der Waals surface area contributed by atoms with E-state index in [0.717, 1.165) is 11.8 Å². The summed E-state index contributed by atoms with van der Waals surface area (Å²) >= 11 is -0.468. The van der Waals surface area contributed by atoms with Crippen LogP contribution in [0.2, 0.25) is 4.44 Å². The first-order valence-electron chi connectivity index (χ1n) is 4.66. The molecule has 68 valence electrons. The molecule has 2 radical (unpaired) electrons. The molecule has 0 bridgehead atoms. The summed E-state index contributed by atoms with van der Waals surface area (Å²) in [4.78, 5) is 10.7. The molecule has 0 saturated carbocycles. The van der Waals surface area contributed by atoms with Gasteiger partial charge in [-0.05, 0) is 0 Å². The summed E-state index contributed by atoms with van der Waals surface area (Å²) in [6, 6.07) is 8.02. The molecular formula is C11H14OSn. The third kappa shape index (κ3) is 3.51. The summed E-state index contributed by atoms with van der Waals surface area (Å²) in [5.41, 5.74) is 0.921. The Labute approximate surface area is 89.8 Å². The van der Waals surface area contributed by atoms with E-state index in [1.165, 1.54) is 20.9 Å². The second-order valence-corrected chi connectivity index (χ2v) is 6.96. The van der Waals surface area contributed by atoms with E-state index in [1.54, 1.807) is 0 Å². The van der Waals surface area contributed by atoms with Crippen molar-refractivity contribution in [2.75, 3.05) is 0 Å². The molecule has 1 rings (SSSR count). The van der Waals surface area contributed by atoms with Crippen LogP contribution < -0.4 is 3.58 Å². The van der Waals surface area contributed by atoms with E-state index >= 15 is 0 Å². The van der Waals surface area contributed by atoms with E-state index in [-0.39, 0.29) is 0 Å². The molecule has 0 N–H and O–H groups in total. The Morgan fingerprint density at radius 2 is 2.15 bits per heavy atom. The van der Waals surface area contributed by atoms with Crippen molar-refractivity contribution < 1.29 is 4.79 Å². The summed E-state index contributed by atoms with van der Waals surface area (Å²) in [6.07, 6.45) is 3.57. The first-order chi connectivity index (χ1) is 6.38. The van der Waals surface area contributed by atoms with Crippen LogP contribution in [0.5, 0.6) is 0 Å². The second kappa shape index (κ2) is 6.19. The molecule has 0 aliphatic rings. The van der Waals surface area contributed by atoms with E-state index < -0.39 is 21.1 Å². The standard InChI is InChI=1S/C7H5O.C4H9.Sn/c8-6-7-4-2-1-3-5-7;1-3-4-2;/h1-4,6H;1,3-4H2,2H3;. The van der Waals surface area contributed by atoms with Crippen LogP contribution in [0, 0.1) is 0 Å². The maximum absolute atomic E-state index is 10.7. The summed E-state index contributed by atoms with van der Waals surface area (Å²) in [6.45, 7) is 2.21. The molecule has 2 heteroatoms. The van der Waals surface area contributed by atoms with Crippen molar-refractivity contribution in [3.05, 3.63) is 29.8 Å². The van der Waals surface area contributed by atoms with Crippen LogP contribution in [-0.4, -0.2) is 27.4 Å². The predicted molar refractivity (Wildman–Crippen MR) is 56.9 cm³/mol. The molecule has 0 aromatic heterocycles. The fraction of sp³-hybridized carbons (Fsp3) is 0.364. The average Bonchev–Trinajstić information content (AvgIpc) is 2.19. The van der Waals surface area contributed by atoms with E-state index in [1.807, 2.05) is 18.2 Å². The van der Waals surface area contributed by atoms with Gasteiger partial charge in [0.2, 0.25) is 0 Å². The summed E-state index contributed by atoms with van der Waals surface area (Å²) < 4.78 is 2.71. The van der Waals surface area contributed by atoms with Crippen LogP contribution in [0.25, 0.3) is 0 Å². The zero-order valence-corrected chi connectivity index (χ0v) is 10.8. The van der Waals surface area contributed by atoms with Crippen molar-refractivity contribution in [1.29, 1.82) is 0 Å². The Bertz CT molecular complexity index is 271. The van der Waals surface area contributed by atoms with Crippen LogP contribution in [0.15, 0.2) is 24.3 Å². The van der Waals surface area contributed by atoms with Crippen LogP contribution in [0.1, 0.15) is 30.1 Å². The number of hydrogen-bond donors (Lipinski definition) is 0. The molecule has 0 spiro atoms. The van der Waals surface area contributed by atoms with Gasteiger partial charge < -0.3 is 0 Å². The topological polar surface area (TPSA) is 17.1 Å². The van der Waals surface area contributed by atoms with Crippen LogP contribution >= 0.6 is 0 Å². The van der Waals surface area contributed by atoms with Gasteiger partial charge in [-0.1, -0.05) is 0 Å². The molecule has 0 aliphatic heterocycles. The van der Waals surface area contributed by atoms with Gasteiger partial charge in [-0.15, -0.1) is 0 Å². The Kier molecular flexibility index (Phi) is 5.13. The van der Waals surface area contributed by atoms with Gasteiger partial charge in [0.1, 0.15) is 0 Å². The van der Waals surface area contributed by atoms with Crippen molar-refractivity contribution in [2.45, 2.75) is 24.2 Å². The molecular weight excluding hydrogens is 267 g/mol. The molecule has 0 aliphatic carbocycles. The second-order valence-electron chi connectivity index (χ2n) is 2.99. The normalized spacial score (nSPS) is 9.92. The van der Waals surface area contributed by atoms with Gasteiger partial charge in [0.25, 0.3) is 0 Å². The first kappa shape index (κ1) is 10.8. The van der Waals surface area contributed by atoms with Crippen LogP contribution in [0.4, 0.5) is 0 Å². The number of carbonyl (C=O) groups is 1. The molecule has 0 unspecified atom stereocenters. The SMILES string of the molecule is CCC[CH2][Sn][c]1ccccc1C=O.